The van der Waals surface area contributed by atoms with E-state index in [2.05, 4.69) is 17.2 Å². The van der Waals surface area contributed by atoms with E-state index in [9.17, 15) is 14.7 Å². The summed E-state index contributed by atoms with van der Waals surface area (Å²) in [4.78, 5) is 26.7. The zero-order chi connectivity index (χ0) is 15.6. The maximum atomic E-state index is 12.2. The van der Waals surface area contributed by atoms with Gasteiger partial charge in [0.25, 0.3) is 11.5 Å². The quantitative estimate of drug-likeness (QED) is 0.792. The van der Waals surface area contributed by atoms with Gasteiger partial charge in [-0.05, 0) is 57.1 Å². The van der Waals surface area contributed by atoms with Crippen molar-refractivity contribution < 1.29 is 9.90 Å². The topological polar surface area (TPSA) is 82.2 Å². The number of hydrogen-bond donors (Lipinski definition) is 3. The molecule has 5 nitrogen and oxygen atoms in total. The van der Waals surface area contributed by atoms with Gasteiger partial charge >= 0.3 is 0 Å². The molecule has 1 aromatic rings. The Labute approximate surface area is 124 Å². The van der Waals surface area contributed by atoms with Crippen molar-refractivity contribution in [3.05, 3.63) is 33.2 Å². The second-order valence-corrected chi connectivity index (χ2v) is 6.43. The molecule has 1 aromatic heterocycles. The van der Waals surface area contributed by atoms with Crippen LogP contribution in [0.15, 0.2) is 10.9 Å². The highest BCUT2D eigenvalue weighted by Gasteiger charge is 2.32. The van der Waals surface area contributed by atoms with Crippen LogP contribution in [0.2, 0.25) is 0 Å². The lowest BCUT2D eigenvalue weighted by atomic mass is 9.79. The zero-order valence-corrected chi connectivity index (χ0v) is 13.0. The maximum absolute atomic E-state index is 12.2. The Bertz CT molecular complexity index is 584. The van der Waals surface area contributed by atoms with Gasteiger partial charge in [0.05, 0.1) is 5.60 Å². The smallest absolute Gasteiger partial charge is 0.261 e. The summed E-state index contributed by atoms with van der Waals surface area (Å²) in [5, 5.41) is 13.2. The number of aromatic amines is 1. The van der Waals surface area contributed by atoms with Crippen LogP contribution in [-0.4, -0.2) is 28.1 Å². The minimum Gasteiger partial charge on any atom is -0.388 e. The third kappa shape index (κ3) is 3.73. The first-order valence-electron chi connectivity index (χ1n) is 7.52. The first-order valence-corrected chi connectivity index (χ1v) is 7.52. The van der Waals surface area contributed by atoms with Crippen LogP contribution in [0.4, 0.5) is 0 Å². The standard InChI is InChI=1S/C16H24N2O3/c1-10-4-6-16(21,7-5-10)9-17-14(19)13-11(2)8-12(3)18-15(13)20/h8,10,21H,4-7,9H2,1-3H3,(H,17,19)(H,18,20). The van der Waals surface area contributed by atoms with E-state index in [1.165, 1.54) is 0 Å². The number of hydrogen-bond acceptors (Lipinski definition) is 3. The molecule has 0 spiro atoms. The normalized spacial score (nSPS) is 25.6. The molecule has 116 valence electrons. The highest BCUT2D eigenvalue weighted by Crippen LogP contribution is 2.31. The molecule has 1 aliphatic rings. The minimum absolute atomic E-state index is 0.133. The van der Waals surface area contributed by atoms with E-state index in [0.29, 0.717) is 24.3 Å². The molecule has 21 heavy (non-hydrogen) atoms. The van der Waals surface area contributed by atoms with Crippen LogP contribution < -0.4 is 10.9 Å². The van der Waals surface area contributed by atoms with Gasteiger partial charge in [-0.1, -0.05) is 6.92 Å². The van der Waals surface area contributed by atoms with E-state index in [0.717, 1.165) is 18.5 Å². The Morgan fingerprint density at radius 1 is 1.43 bits per heavy atom. The number of carbonyl (C=O) groups is 1. The van der Waals surface area contributed by atoms with Crippen LogP contribution in [0, 0.1) is 19.8 Å². The summed E-state index contributed by atoms with van der Waals surface area (Å²) in [6.45, 7) is 5.90. The summed E-state index contributed by atoms with van der Waals surface area (Å²) >= 11 is 0. The van der Waals surface area contributed by atoms with Crippen LogP contribution in [-0.2, 0) is 0 Å². The van der Waals surface area contributed by atoms with Crippen LogP contribution in [0.3, 0.4) is 0 Å². The van der Waals surface area contributed by atoms with E-state index in [-0.39, 0.29) is 17.7 Å². The number of nitrogens with one attached hydrogen (secondary N) is 2. The predicted octanol–water partition coefficient (Wildman–Crippen LogP) is 1.66. The van der Waals surface area contributed by atoms with Gasteiger partial charge in [-0.2, -0.15) is 0 Å². The number of aliphatic hydroxyl groups is 1. The molecule has 0 atom stereocenters. The molecule has 0 aliphatic heterocycles. The van der Waals surface area contributed by atoms with E-state index in [1.807, 2.05) is 0 Å². The summed E-state index contributed by atoms with van der Waals surface area (Å²) in [7, 11) is 0. The number of pyridine rings is 1. The molecule has 1 aliphatic carbocycles. The largest absolute Gasteiger partial charge is 0.388 e. The average molecular weight is 292 g/mol. The summed E-state index contributed by atoms with van der Waals surface area (Å²) in [6, 6.07) is 1.77. The molecular formula is C16H24N2O3. The van der Waals surface area contributed by atoms with Crippen molar-refractivity contribution in [3.8, 4) is 0 Å². The van der Waals surface area contributed by atoms with Crippen molar-refractivity contribution >= 4 is 5.91 Å². The Morgan fingerprint density at radius 3 is 2.62 bits per heavy atom. The van der Waals surface area contributed by atoms with Crippen molar-refractivity contribution in [2.45, 2.75) is 52.1 Å². The van der Waals surface area contributed by atoms with Gasteiger partial charge < -0.3 is 15.4 Å². The number of H-pyrrole nitrogens is 1. The van der Waals surface area contributed by atoms with E-state index < -0.39 is 11.5 Å². The van der Waals surface area contributed by atoms with Crippen molar-refractivity contribution in [3.63, 3.8) is 0 Å². The lowest BCUT2D eigenvalue weighted by Crippen LogP contribution is -2.46. The Balaban J connectivity index is 2.04. The van der Waals surface area contributed by atoms with Gasteiger partial charge in [-0.3, -0.25) is 9.59 Å². The minimum atomic E-state index is -0.840. The van der Waals surface area contributed by atoms with Gasteiger partial charge in [0.15, 0.2) is 0 Å². The molecule has 1 saturated carbocycles. The van der Waals surface area contributed by atoms with Gasteiger partial charge in [0, 0.05) is 12.2 Å². The monoisotopic (exact) mass is 292 g/mol. The summed E-state index contributed by atoms with van der Waals surface area (Å²) in [5.41, 5.74) is 0.294. The molecule has 5 heteroatoms. The Hall–Kier alpha value is -1.62. The van der Waals surface area contributed by atoms with Gasteiger partial charge in [0.2, 0.25) is 0 Å². The maximum Gasteiger partial charge on any atom is 0.261 e. The fourth-order valence-electron chi connectivity index (χ4n) is 2.95. The van der Waals surface area contributed by atoms with E-state index >= 15 is 0 Å². The van der Waals surface area contributed by atoms with Gasteiger partial charge in [-0.15, -0.1) is 0 Å². The average Bonchev–Trinajstić information content (AvgIpc) is 2.39. The zero-order valence-electron chi connectivity index (χ0n) is 13.0. The molecule has 1 amide bonds. The van der Waals surface area contributed by atoms with Crippen molar-refractivity contribution in [1.29, 1.82) is 0 Å². The Morgan fingerprint density at radius 2 is 2.05 bits per heavy atom. The summed E-state index contributed by atoms with van der Waals surface area (Å²) in [6.07, 6.45) is 3.32. The SMILES string of the molecule is Cc1cc(C)c(C(=O)NCC2(O)CCC(C)CC2)c(=O)[nH]1. The lowest BCUT2D eigenvalue weighted by Gasteiger charge is -2.34. The van der Waals surface area contributed by atoms with E-state index in [1.54, 1.807) is 19.9 Å². The molecular weight excluding hydrogens is 268 g/mol. The fraction of sp³-hybridized carbons (Fsp3) is 0.625. The van der Waals surface area contributed by atoms with Crippen LogP contribution in [0.25, 0.3) is 0 Å². The highest BCUT2D eigenvalue weighted by atomic mass is 16.3. The summed E-state index contributed by atoms with van der Waals surface area (Å²) < 4.78 is 0. The van der Waals surface area contributed by atoms with Crippen LogP contribution in [0.1, 0.15) is 54.2 Å². The van der Waals surface area contributed by atoms with Crippen LogP contribution in [0.5, 0.6) is 0 Å². The number of rotatable bonds is 3. The number of aromatic nitrogens is 1. The molecule has 0 unspecified atom stereocenters. The molecule has 3 N–H and O–H groups in total. The molecule has 0 saturated heterocycles. The number of carbonyl (C=O) groups excluding carboxylic acids is 1. The molecule has 0 aromatic carbocycles. The third-order valence-corrected chi connectivity index (χ3v) is 4.38. The van der Waals surface area contributed by atoms with E-state index in [4.69, 9.17) is 0 Å². The number of aryl methyl sites for hydroxylation is 2. The van der Waals surface area contributed by atoms with Gasteiger partial charge in [0.1, 0.15) is 5.56 Å². The second kappa shape index (κ2) is 6.02. The molecule has 0 radical (unpaired) electrons. The molecule has 1 fully saturated rings. The number of amides is 1. The first-order chi connectivity index (χ1) is 9.81. The van der Waals surface area contributed by atoms with Gasteiger partial charge in [-0.25, -0.2) is 0 Å². The van der Waals surface area contributed by atoms with Crippen molar-refractivity contribution in [2.75, 3.05) is 6.54 Å². The van der Waals surface area contributed by atoms with Crippen molar-refractivity contribution in [1.82, 2.24) is 10.3 Å². The molecule has 0 bridgehead atoms. The highest BCUT2D eigenvalue weighted by molar-refractivity contribution is 5.95. The summed E-state index contributed by atoms with van der Waals surface area (Å²) in [5.74, 6) is 0.212. The fourth-order valence-corrected chi connectivity index (χ4v) is 2.95. The Kier molecular flexibility index (Phi) is 4.52. The molecule has 2 rings (SSSR count). The molecule has 1 heterocycles. The predicted molar refractivity (Wildman–Crippen MR) is 81.5 cm³/mol. The third-order valence-electron chi connectivity index (χ3n) is 4.38. The van der Waals surface area contributed by atoms with Crippen molar-refractivity contribution in [2.24, 2.45) is 5.92 Å². The lowest BCUT2D eigenvalue weighted by molar-refractivity contribution is -0.00542. The second-order valence-electron chi connectivity index (χ2n) is 6.43. The van der Waals surface area contributed by atoms with Crippen LogP contribution >= 0.6 is 0 Å². The first kappa shape index (κ1) is 15.8.